The molecule has 0 N–H and O–H groups in total. The molecule has 0 radical (unpaired) electrons. The van der Waals surface area contributed by atoms with Crippen molar-refractivity contribution in [2.45, 2.75) is 57.6 Å². The van der Waals surface area contributed by atoms with Crippen LogP contribution in [0.15, 0.2) is 0 Å². The second-order valence-electron chi connectivity index (χ2n) is 6.50. The van der Waals surface area contributed by atoms with Gasteiger partial charge in [0.25, 0.3) is 0 Å². The zero-order valence-corrected chi connectivity index (χ0v) is 14.9. The van der Waals surface area contributed by atoms with Gasteiger partial charge in [-0.1, -0.05) is 13.3 Å². The molecule has 2 aliphatic heterocycles. The maximum atomic E-state index is 12.4. The third kappa shape index (κ3) is 4.64. The molecule has 2 saturated heterocycles. The Balaban J connectivity index is 1.73. The largest absolute Gasteiger partial charge is 0.342 e. The Hall–Kier alpha value is -0.710. The number of likely N-dealkylation sites (tertiary alicyclic amines) is 2. The summed E-state index contributed by atoms with van der Waals surface area (Å²) in [5.74, 6) is 1.79. The maximum absolute atomic E-state index is 12.4. The highest BCUT2D eigenvalue weighted by atomic mass is 32.2. The molecule has 0 saturated carbocycles. The van der Waals surface area contributed by atoms with Gasteiger partial charge in [0.15, 0.2) is 0 Å². The molecule has 2 fully saturated rings. The lowest BCUT2D eigenvalue weighted by Gasteiger charge is -2.34. The zero-order chi connectivity index (χ0) is 15.9. The number of amides is 2. The molecular weight excluding hydrogens is 296 g/mol. The van der Waals surface area contributed by atoms with Crippen molar-refractivity contribution in [1.29, 1.82) is 0 Å². The maximum Gasteiger partial charge on any atom is 0.235 e. The van der Waals surface area contributed by atoms with Gasteiger partial charge in [-0.05, 0) is 44.8 Å². The number of hydrogen-bond acceptors (Lipinski definition) is 3. The molecule has 2 amide bonds. The first-order valence-electron chi connectivity index (χ1n) is 8.82. The first-order valence-corrected chi connectivity index (χ1v) is 9.87. The first kappa shape index (κ1) is 17.6. The third-order valence-electron chi connectivity index (χ3n) is 4.79. The van der Waals surface area contributed by atoms with Crippen molar-refractivity contribution < 1.29 is 9.59 Å². The number of nitrogens with zero attached hydrogens (tertiary/aromatic N) is 2. The lowest BCUT2D eigenvalue weighted by molar-refractivity contribution is -0.139. The van der Waals surface area contributed by atoms with Crippen LogP contribution in [-0.2, 0) is 9.59 Å². The lowest BCUT2D eigenvalue weighted by Crippen LogP contribution is -2.45. The molecule has 0 spiro atoms. The van der Waals surface area contributed by atoms with E-state index in [-0.39, 0.29) is 17.1 Å². The molecule has 2 heterocycles. The van der Waals surface area contributed by atoms with E-state index in [1.807, 2.05) is 16.7 Å². The average Bonchev–Trinajstić information content (AvgIpc) is 3.08. The molecule has 0 aliphatic carbocycles. The van der Waals surface area contributed by atoms with E-state index in [2.05, 4.69) is 6.92 Å². The fourth-order valence-corrected chi connectivity index (χ4v) is 4.38. The van der Waals surface area contributed by atoms with Crippen LogP contribution in [0.1, 0.15) is 52.4 Å². The summed E-state index contributed by atoms with van der Waals surface area (Å²) in [4.78, 5) is 28.8. The highest BCUT2D eigenvalue weighted by Gasteiger charge is 2.32. The van der Waals surface area contributed by atoms with Crippen LogP contribution in [0.25, 0.3) is 0 Å². The van der Waals surface area contributed by atoms with Crippen molar-refractivity contribution in [2.75, 3.05) is 31.9 Å². The van der Waals surface area contributed by atoms with E-state index in [0.29, 0.717) is 5.91 Å². The van der Waals surface area contributed by atoms with E-state index in [1.165, 1.54) is 12.8 Å². The van der Waals surface area contributed by atoms with Crippen LogP contribution in [0.2, 0.25) is 0 Å². The lowest BCUT2D eigenvalue weighted by atomic mass is 9.95. The van der Waals surface area contributed by atoms with Crippen LogP contribution in [0.4, 0.5) is 0 Å². The van der Waals surface area contributed by atoms with Crippen molar-refractivity contribution in [3.63, 3.8) is 0 Å². The van der Waals surface area contributed by atoms with Crippen molar-refractivity contribution in [3.8, 4) is 0 Å². The summed E-state index contributed by atoms with van der Waals surface area (Å²) in [5.41, 5.74) is 0. The molecule has 0 bridgehead atoms. The van der Waals surface area contributed by atoms with Crippen LogP contribution in [0.3, 0.4) is 0 Å². The normalized spacial score (nSPS) is 21.2. The molecule has 126 valence electrons. The number of thioether (sulfide) groups is 1. The van der Waals surface area contributed by atoms with E-state index >= 15 is 0 Å². The average molecular weight is 327 g/mol. The minimum absolute atomic E-state index is 0.0531. The van der Waals surface area contributed by atoms with Crippen LogP contribution in [-0.4, -0.2) is 58.8 Å². The van der Waals surface area contributed by atoms with Gasteiger partial charge in [-0.25, -0.2) is 0 Å². The number of piperidine rings is 1. The van der Waals surface area contributed by atoms with Gasteiger partial charge < -0.3 is 9.80 Å². The van der Waals surface area contributed by atoms with Gasteiger partial charge in [0.1, 0.15) is 0 Å². The number of hydrogen-bond donors (Lipinski definition) is 0. The summed E-state index contributed by atoms with van der Waals surface area (Å²) < 4.78 is 0. The number of carbonyl (C=O) groups excluding carboxylic acids is 2. The van der Waals surface area contributed by atoms with E-state index in [4.69, 9.17) is 0 Å². The SMILES string of the molecule is CCCCSC(C)C(=O)N1CCC(C(=O)N2CCCC2)CC1. The standard InChI is InChI=1S/C17H30N2O2S/c1-3-4-13-22-14(2)16(20)19-11-7-15(8-12-19)17(21)18-9-5-6-10-18/h14-15H,3-13H2,1-2H3. The third-order valence-corrected chi connectivity index (χ3v) is 6.01. The van der Waals surface area contributed by atoms with Gasteiger partial charge in [-0.15, -0.1) is 11.8 Å². The summed E-state index contributed by atoms with van der Waals surface area (Å²) in [5, 5.41) is 0.0531. The molecule has 1 unspecified atom stereocenters. The van der Waals surface area contributed by atoms with Gasteiger partial charge in [0.2, 0.25) is 11.8 Å². The predicted octanol–water partition coefficient (Wildman–Crippen LogP) is 2.77. The van der Waals surface area contributed by atoms with Crippen molar-refractivity contribution >= 4 is 23.6 Å². The first-order chi connectivity index (χ1) is 10.6. The van der Waals surface area contributed by atoms with Crippen LogP contribution >= 0.6 is 11.8 Å². The molecule has 5 heteroatoms. The van der Waals surface area contributed by atoms with Crippen molar-refractivity contribution in [3.05, 3.63) is 0 Å². The Morgan fingerprint density at radius 2 is 1.73 bits per heavy atom. The monoisotopic (exact) mass is 326 g/mol. The Kier molecular flexibility index (Phi) is 7.06. The minimum atomic E-state index is 0.0531. The quantitative estimate of drug-likeness (QED) is 0.705. The molecular formula is C17H30N2O2S. The number of carbonyl (C=O) groups is 2. The van der Waals surface area contributed by atoms with Crippen LogP contribution in [0, 0.1) is 5.92 Å². The number of rotatable bonds is 6. The fourth-order valence-electron chi connectivity index (χ4n) is 3.28. The van der Waals surface area contributed by atoms with E-state index in [1.54, 1.807) is 11.8 Å². The van der Waals surface area contributed by atoms with E-state index in [9.17, 15) is 9.59 Å². The van der Waals surface area contributed by atoms with Crippen LogP contribution in [0.5, 0.6) is 0 Å². The summed E-state index contributed by atoms with van der Waals surface area (Å²) in [7, 11) is 0. The second kappa shape index (κ2) is 8.80. The topological polar surface area (TPSA) is 40.6 Å². The Labute approximate surface area is 139 Å². The summed E-state index contributed by atoms with van der Waals surface area (Å²) in [6, 6.07) is 0. The predicted molar refractivity (Wildman–Crippen MR) is 91.9 cm³/mol. The minimum Gasteiger partial charge on any atom is -0.342 e. The molecule has 1 atom stereocenters. The van der Waals surface area contributed by atoms with Gasteiger partial charge in [0.05, 0.1) is 5.25 Å². The van der Waals surface area contributed by atoms with Crippen molar-refractivity contribution in [2.24, 2.45) is 5.92 Å². The molecule has 4 nitrogen and oxygen atoms in total. The van der Waals surface area contributed by atoms with Gasteiger partial charge in [-0.2, -0.15) is 0 Å². The molecule has 0 aromatic rings. The van der Waals surface area contributed by atoms with Crippen LogP contribution < -0.4 is 0 Å². The summed E-state index contributed by atoms with van der Waals surface area (Å²) in [6.45, 7) is 7.56. The van der Waals surface area contributed by atoms with Gasteiger partial charge >= 0.3 is 0 Å². The molecule has 2 aliphatic rings. The Morgan fingerprint density at radius 3 is 2.32 bits per heavy atom. The smallest absolute Gasteiger partial charge is 0.235 e. The zero-order valence-electron chi connectivity index (χ0n) is 14.1. The Morgan fingerprint density at radius 1 is 1.09 bits per heavy atom. The Bertz CT molecular complexity index is 375. The summed E-state index contributed by atoms with van der Waals surface area (Å²) in [6.07, 6.45) is 6.33. The number of unbranched alkanes of at least 4 members (excludes halogenated alkanes) is 1. The van der Waals surface area contributed by atoms with Gasteiger partial charge in [-0.3, -0.25) is 9.59 Å². The van der Waals surface area contributed by atoms with Crippen molar-refractivity contribution in [1.82, 2.24) is 9.80 Å². The van der Waals surface area contributed by atoms with E-state index < -0.39 is 0 Å². The highest BCUT2D eigenvalue weighted by molar-refractivity contribution is 8.00. The molecule has 2 rings (SSSR count). The van der Waals surface area contributed by atoms with Gasteiger partial charge in [0, 0.05) is 32.1 Å². The summed E-state index contributed by atoms with van der Waals surface area (Å²) >= 11 is 1.76. The fraction of sp³-hybridized carbons (Fsp3) is 0.882. The van der Waals surface area contributed by atoms with E-state index in [0.717, 1.165) is 57.6 Å². The molecule has 0 aromatic heterocycles. The second-order valence-corrected chi connectivity index (χ2v) is 7.95. The molecule has 0 aromatic carbocycles. The highest BCUT2D eigenvalue weighted by Crippen LogP contribution is 2.24. The molecule has 22 heavy (non-hydrogen) atoms.